The molecule has 1 aromatic heterocycles. The predicted molar refractivity (Wildman–Crippen MR) is 85.6 cm³/mol. The molecular formula is C15H20BrN3O2. The Hall–Kier alpha value is -1.37. The van der Waals surface area contributed by atoms with Crippen LogP contribution in [0.4, 0.5) is 0 Å². The van der Waals surface area contributed by atoms with Gasteiger partial charge in [0, 0.05) is 30.5 Å². The number of ether oxygens (including phenoxy) is 2. The minimum atomic E-state index is 0.697. The van der Waals surface area contributed by atoms with Crippen LogP contribution in [0.2, 0.25) is 0 Å². The van der Waals surface area contributed by atoms with E-state index in [0.29, 0.717) is 6.61 Å². The topological polar surface area (TPSA) is 48.3 Å². The molecule has 0 amide bonds. The maximum atomic E-state index is 5.28. The molecule has 5 nitrogen and oxygen atoms in total. The van der Waals surface area contributed by atoms with Gasteiger partial charge in [0.2, 0.25) is 0 Å². The molecule has 2 rings (SSSR count). The quantitative estimate of drug-likeness (QED) is 0.740. The summed E-state index contributed by atoms with van der Waals surface area (Å²) in [4.78, 5) is 4.40. The van der Waals surface area contributed by atoms with Crippen LogP contribution in [0, 0.1) is 0 Å². The fourth-order valence-corrected chi connectivity index (χ4v) is 2.38. The molecule has 1 heterocycles. The van der Waals surface area contributed by atoms with E-state index in [0.717, 1.165) is 41.2 Å². The van der Waals surface area contributed by atoms with Crippen LogP contribution in [0.5, 0.6) is 5.75 Å². The van der Waals surface area contributed by atoms with E-state index in [4.69, 9.17) is 9.47 Å². The summed E-state index contributed by atoms with van der Waals surface area (Å²) in [5.74, 6) is 1.86. The lowest BCUT2D eigenvalue weighted by Gasteiger charge is -2.11. The molecule has 0 aliphatic carbocycles. The first-order valence-corrected chi connectivity index (χ1v) is 7.56. The summed E-state index contributed by atoms with van der Waals surface area (Å²) < 4.78 is 13.5. The number of hydrogen-bond donors (Lipinski definition) is 1. The lowest BCUT2D eigenvalue weighted by molar-refractivity contribution is 0.199. The summed E-state index contributed by atoms with van der Waals surface area (Å²) in [6.45, 7) is 2.98. The maximum Gasteiger partial charge on any atom is 0.122 e. The first-order valence-electron chi connectivity index (χ1n) is 6.76. The van der Waals surface area contributed by atoms with Crippen LogP contribution in [0.3, 0.4) is 0 Å². The normalized spacial score (nSPS) is 10.8. The minimum Gasteiger partial charge on any atom is -0.497 e. The van der Waals surface area contributed by atoms with E-state index in [1.807, 2.05) is 30.6 Å². The van der Waals surface area contributed by atoms with Crippen LogP contribution in [0.1, 0.15) is 11.4 Å². The van der Waals surface area contributed by atoms with Crippen molar-refractivity contribution in [1.82, 2.24) is 14.9 Å². The zero-order valence-electron chi connectivity index (χ0n) is 12.3. The zero-order valence-corrected chi connectivity index (χ0v) is 13.9. The molecule has 2 aromatic rings. The molecule has 0 aliphatic rings. The van der Waals surface area contributed by atoms with Gasteiger partial charge in [-0.3, -0.25) is 0 Å². The average Bonchev–Trinajstić information content (AvgIpc) is 2.93. The van der Waals surface area contributed by atoms with E-state index in [9.17, 15) is 0 Å². The van der Waals surface area contributed by atoms with E-state index in [1.54, 1.807) is 14.2 Å². The molecule has 0 spiro atoms. The van der Waals surface area contributed by atoms with E-state index < -0.39 is 0 Å². The summed E-state index contributed by atoms with van der Waals surface area (Å²) in [5.41, 5.74) is 1.16. The zero-order chi connectivity index (χ0) is 15.1. The van der Waals surface area contributed by atoms with Crippen LogP contribution in [0.15, 0.2) is 35.1 Å². The summed E-state index contributed by atoms with van der Waals surface area (Å²) >= 11 is 3.58. The number of methoxy groups -OCH3 is 2. The number of halogens is 1. The molecule has 0 radical (unpaired) electrons. The van der Waals surface area contributed by atoms with Gasteiger partial charge in [0.25, 0.3) is 0 Å². The second-order valence-electron chi connectivity index (χ2n) is 4.60. The van der Waals surface area contributed by atoms with E-state index in [1.165, 1.54) is 0 Å². The monoisotopic (exact) mass is 353 g/mol. The molecular weight excluding hydrogens is 334 g/mol. The highest BCUT2D eigenvalue weighted by atomic mass is 79.9. The molecule has 0 saturated heterocycles. The van der Waals surface area contributed by atoms with Gasteiger partial charge in [-0.05, 0) is 23.8 Å². The molecule has 0 aliphatic heterocycles. The predicted octanol–water partition coefficient (Wildman–Crippen LogP) is 2.44. The van der Waals surface area contributed by atoms with Gasteiger partial charge in [0.15, 0.2) is 0 Å². The summed E-state index contributed by atoms with van der Waals surface area (Å²) in [6.07, 6.45) is 3.81. The molecule has 6 heteroatoms. The molecule has 1 aromatic carbocycles. The molecule has 0 saturated carbocycles. The Balaban J connectivity index is 2.04. The third kappa shape index (κ3) is 4.56. The average molecular weight is 354 g/mol. The number of nitrogens with zero attached hydrogens (tertiary/aromatic N) is 2. The van der Waals surface area contributed by atoms with Gasteiger partial charge in [-0.15, -0.1) is 0 Å². The van der Waals surface area contributed by atoms with Crippen LogP contribution in [-0.2, 0) is 17.8 Å². The van der Waals surface area contributed by atoms with Crippen LogP contribution in [-0.4, -0.2) is 36.9 Å². The summed E-state index contributed by atoms with van der Waals surface area (Å²) in [5, 5.41) is 3.31. The van der Waals surface area contributed by atoms with Crippen LogP contribution in [0.25, 0.3) is 0 Å². The minimum absolute atomic E-state index is 0.697. The standard InChI is InChI=1S/C15H20BrN3O2/c1-20-8-6-17-10-15-18-5-7-19(15)11-12-9-13(21-2)3-4-14(12)16/h3-5,7,9,17H,6,8,10-11H2,1-2H3. The molecule has 0 fully saturated rings. The highest BCUT2D eigenvalue weighted by Crippen LogP contribution is 2.23. The number of nitrogens with one attached hydrogen (secondary N) is 1. The van der Waals surface area contributed by atoms with E-state index in [2.05, 4.69) is 30.8 Å². The Morgan fingerprint density at radius 1 is 1.33 bits per heavy atom. The van der Waals surface area contributed by atoms with Gasteiger partial charge < -0.3 is 19.4 Å². The number of rotatable bonds is 8. The van der Waals surface area contributed by atoms with Crippen molar-refractivity contribution in [2.75, 3.05) is 27.4 Å². The van der Waals surface area contributed by atoms with Gasteiger partial charge in [-0.2, -0.15) is 0 Å². The van der Waals surface area contributed by atoms with Gasteiger partial charge in [-0.25, -0.2) is 4.98 Å². The third-order valence-corrected chi connectivity index (χ3v) is 3.93. The van der Waals surface area contributed by atoms with Crippen molar-refractivity contribution >= 4 is 15.9 Å². The molecule has 1 N–H and O–H groups in total. The number of imidazole rings is 1. The third-order valence-electron chi connectivity index (χ3n) is 3.16. The van der Waals surface area contributed by atoms with Gasteiger partial charge in [-0.1, -0.05) is 15.9 Å². The van der Waals surface area contributed by atoms with Crippen molar-refractivity contribution in [1.29, 1.82) is 0 Å². The highest BCUT2D eigenvalue weighted by molar-refractivity contribution is 9.10. The van der Waals surface area contributed by atoms with E-state index >= 15 is 0 Å². The number of hydrogen-bond acceptors (Lipinski definition) is 4. The second-order valence-corrected chi connectivity index (χ2v) is 5.45. The van der Waals surface area contributed by atoms with Crippen molar-refractivity contribution in [2.45, 2.75) is 13.1 Å². The SMILES string of the molecule is COCCNCc1nccn1Cc1cc(OC)ccc1Br. The van der Waals surface area contributed by atoms with Crippen molar-refractivity contribution in [3.8, 4) is 5.75 Å². The highest BCUT2D eigenvalue weighted by Gasteiger charge is 2.07. The number of benzene rings is 1. The van der Waals surface area contributed by atoms with Gasteiger partial charge in [0.1, 0.15) is 11.6 Å². The maximum absolute atomic E-state index is 5.28. The molecule has 21 heavy (non-hydrogen) atoms. The Kier molecular flexibility index (Phi) is 6.22. The van der Waals surface area contributed by atoms with Gasteiger partial charge >= 0.3 is 0 Å². The second kappa shape index (κ2) is 8.17. The Bertz CT molecular complexity index is 572. The van der Waals surface area contributed by atoms with Crippen molar-refractivity contribution in [3.63, 3.8) is 0 Å². The smallest absolute Gasteiger partial charge is 0.122 e. The fourth-order valence-electron chi connectivity index (χ4n) is 2.01. The number of aromatic nitrogens is 2. The van der Waals surface area contributed by atoms with Crippen LogP contribution >= 0.6 is 15.9 Å². The molecule has 0 bridgehead atoms. The van der Waals surface area contributed by atoms with Crippen LogP contribution < -0.4 is 10.1 Å². The largest absolute Gasteiger partial charge is 0.497 e. The van der Waals surface area contributed by atoms with Crippen molar-refractivity contribution < 1.29 is 9.47 Å². The van der Waals surface area contributed by atoms with E-state index in [-0.39, 0.29) is 0 Å². The fraction of sp³-hybridized carbons (Fsp3) is 0.400. The summed E-state index contributed by atoms with van der Waals surface area (Å²) in [7, 11) is 3.37. The summed E-state index contributed by atoms with van der Waals surface area (Å²) in [6, 6.07) is 5.97. The lowest BCUT2D eigenvalue weighted by Crippen LogP contribution is -2.21. The Morgan fingerprint density at radius 2 is 2.19 bits per heavy atom. The van der Waals surface area contributed by atoms with Crippen molar-refractivity contribution in [2.24, 2.45) is 0 Å². The Labute approximate surface area is 133 Å². The Morgan fingerprint density at radius 3 is 2.95 bits per heavy atom. The lowest BCUT2D eigenvalue weighted by atomic mass is 10.2. The molecule has 0 unspecified atom stereocenters. The first kappa shape index (κ1) is 16.0. The molecule has 0 atom stereocenters. The first-order chi connectivity index (χ1) is 10.2. The molecule has 114 valence electrons. The van der Waals surface area contributed by atoms with Crippen molar-refractivity contribution in [3.05, 3.63) is 46.5 Å². The van der Waals surface area contributed by atoms with Gasteiger partial charge in [0.05, 0.1) is 26.8 Å².